The molecule has 0 atom stereocenters. The third-order valence-electron chi connectivity index (χ3n) is 3.41. The summed E-state index contributed by atoms with van der Waals surface area (Å²) in [5.74, 6) is -0.385. The van der Waals surface area contributed by atoms with E-state index in [0.29, 0.717) is 11.1 Å². The Morgan fingerprint density at radius 3 is 2.10 bits per heavy atom. The first kappa shape index (κ1) is 13.0. The van der Waals surface area contributed by atoms with E-state index >= 15 is 0 Å². The summed E-state index contributed by atoms with van der Waals surface area (Å²) in [5.41, 5.74) is 3.18. The molecule has 0 amide bonds. The molecule has 2 aromatic rings. The molecule has 0 bridgehead atoms. The standard InChI is InChI=1S/C17H11BrO2/c1-10-6-7-11(9-15(10)18)8-14-16(19)12-4-2-3-5-13(12)17(14)20/h2-9H,1H3. The average Bonchev–Trinajstić information content (AvgIpc) is 2.69. The van der Waals surface area contributed by atoms with E-state index in [4.69, 9.17) is 0 Å². The van der Waals surface area contributed by atoms with Gasteiger partial charge < -0.3 is 0 Å². The van der Waals surface area contributed by atoms with Gasteiger partial charge in [-0.15, -0.1) is 0 Å². The fourth-order valence-electron chi connectivity index (χ4n) is 2.27. The van der Waals surface area contributed by atoms with E-state index in [9.17, 15) is 9.59 Å². The molecule has 98 valence electrons. The third kappa shape index (κ3) is 2.04. The molecule has 1 aliphatic carbocycles. The van der Waals surface area contributed by atoms with Gasteiger partial charge in [0.15, 0.2) is 11.6 Å². The predicted molar refractivity (Wildman–Crippen MR) is 82.0 cm³/mol. The molecule has 0 heterocycles. The Kier molecular flexibility index (Phi) is 3.14. The van der Waals surface area contributed by atoms with Crippen molar-refractivity contribution >= 4 is 33.6 Å². The number of ketones is 2. The summed E-state index contributed by atoms with van der Waals surface area (Å²) in [6.07, 6.45) is 1.66. The van der Waals surface area contributed by atoms with E-state index in [0.717, 1.165) is 15.6 Å². The van der Waals surface area contributed by atoms with Crippen LogP contribution in [-0.2, 0) is 0 Å². The molecular weight excluding hydrogens is 316 g/mol. The zero-order valence-electron chi connectivity index (χ0n) is 10.8. The molecule has 0 saturated heterocycles. The zero-order chi connectivity index (χ0) is 14.3. The second kappa shape index (κ2) is 4.84. The minimum atomic E-state index is -0.192. The molecule has 0 unspecified atom stereocenters. The summed E-state index contributed by atoms with van der Waals surface area (Å²) in [6.45, 7) is 1.99. The summed E-state index contributed by atoms with van der Waals surface area (Å²) in [6, 6.07) is 12.7. The van der Waals surface area contributed by atoms with Gasteiger partial charge in [-0.3, -0.25) is 9.59 Å². The Balaban J connectivity index is 2.08. The highest BCUT2D eigenvalue weighted by Gasteiger charge is 2.32. The SMILES string of the molecule is Cc1ccc(C=C2C(=O)c3ccccc3C2=O)cc1Br. The van der Waals surface area contributed by atoms with Crippen LogP contribution in [0, 0.1) is 6.92 Å². The van der Waals surface area contributed by atoms with Crippen LogP contribution in [0.2, 0.25) is 0 Å². The van der Waals surface area contributed by atoms with Crippen molar-refractivity contribution in [1.29, 1.82) is 0 Å². The lowest BCUT2D eigenvalue weighted by Gasteiger charge is -2.00. The number of fused-ring (bicyclic) bond motifs is 1. The van der Waals surface area contributed by atoms with Crippen LogP contribution in [-0.4, -0.2) is 11.6 Å². The van der Waals surface area contributed by atoms with Crippen LogP contribution < -0.4 is 0 Å². The predicted octanol–water partition coefficient (Wildman–Crippen LogP) is 4.22. The first-order valence-corrected chi connectivity index (χ1v) is 7.03. The third-order valence-corrected chi connectivity index (χ3v) is 4.27. The molecular formula is C17H11BrO2. The number of aryl methyl sites for hydroxylation is 1. The van der Waals surface area contributed by atoms with Crippen molar-refractivity contribution < 1.29 is 9.59 Å². The van der Waals surface area contributed by atoms with E-state index in [1.54, 1.807) is 30.3 Å². The van der Waals surface area contributed by atoms with E-state index < -0.39 is 0 Å². The van der Waals surface area contributed by atoms with E-state index in [1.165, 1.54) is 0 Å². The summed E-state index contributed by atoms with van der Waals surface area (Å²) >= 11 is 3.45. The Morgan fingerprint density at radius 2 is 1.55 bits per heavy atom. The summed E-state index contributed by atoms with van der Waals surface area (Å²) in [4.78, 5) is 24.5. The summed E-state index contributed by atoms with van der Waals surface area (Å²) in [7, 11) is 0. The number of carbonyl (C=O) groups excluding carboxylic acids is 2. The van der Waals surface area contributed by atoms with Crippen LogP contribution >= 0.6 is 15.9 Å². The fraction of sp³-hybridized carbons (Fsp3) is 0.0588. The maximum Gasteiger partial charge on any atom is 0.197 e. The van der Waals surface area contributed by atoms with Gasteiger partial charge in [0.1, 0.15) is 0 Å². The van der Waals surface area contributed by atoms with Crippen molar-refractivity contribution in [2.75, 3.05) is 0 Å². The zero-order valence-corrected chi connectivity index (χ0v) is 12.4. The molecule has 0 fully saturated rings. The van der Waals surface area contributed by atoms with E-state index in [2.05, 4.69) is 15.9 Å². The second-order valence-electron chi connectivity index (χ2n) is 4.77. The molecule has 1 aliphatic rings. The van der Waals surface area contributed by atoms with Gasteiger partial charge in [0.05, 0.1) is 5.57 Å². The minimum Gasteiger partial charge on any atom is -0.288 e. The van der Waals surface area contributed by atoms with Gasteiger partial charge in [-0.1, -0.05) is 52.3 Å². The molecule has 0 radical (unpaired) electrons. The van der Waals surface area contributed by atoms with Crippen LogP contribution in [0.4, 0.5) is 0 Å². The number of hydrogen-bond acceptors (Lipinski definition) is 2. The Labute approximate surface area is 125 Å². The van der Waals surface area contributed by atoms with Crippen LogP contribution in [0.15, 0.2) is 52.5 Å². The van der Waals surface area contributed by atoms with Crippen LogP contribution in [0.1, 0.15) is 31.8 Å². The highest BCUT2D eigenvalue weighted by molar-refractivity contribution is 9.10. The highest BCUT2D eigenvalue weighted by atomic mass is 79.9. The molecule has 3 rings (SSSR count). The maximum atomic E-state index is 12.3. The quantitative estimate of drug-likeness (QED) is 0.580. The van der Waals surface area contributed by atoms with Crippen LogP contribution in [0.5, 0.6) is 0 Å². The van der Waals surface area contributed by atoms with Crippen molar-refractivity contribution in [2.24, 2.45) is 0 Å². The van der Waals surface area contributed by atoms with Crippen molar-refractivity contribution in [3.8, 4) is 0 Å². The number of allylic oxidation sites excluding steroid dienone is 1. The fourth-order valence-corrected chi connectivity index (χ4v) is 2.67. The monoisotopic (exact) mass is 326 g/mol. The van der Waals surface area contributed by atoms with E-state index in [1.807, 2.05) is 25.1 Å². The molecule has 2 nitrogen and oxygen atoms in total. The van der Waals surface area contributed by atoms with Gasteiger partial charge >= 0.3 is 0 Å². The van der Waals surface area contributed by atoms with Gasteiger partial charge in [-0.25, -0.2) is 0 Å². The number of benzene rings is 2. The topological polar surface area (TPSA) is 34.1 Å². The van der Waals surface area contributed by atoms with Crippen LogP contribution in [0.3, 0.4) is 0 Å². The Hall–Kier alpha value is -2.00. The van der Waals surface area contributed by atoms with Crippen molar-refractivity contribution in [2.45, 2.75) is 6.92 Å². The normalized spacial score (nSPS) is 13.6. The Morgan fingerprint density at radius 1 is 0.950 bits per heavy atom. The molecule has 0 saturated carbocycles. The molecule has 20 heavy (non-hydrogen) atoms. The summed E-state index contributed by atoms with van der Waals surface area (Å²) in [5, 5.41) is 0. The molecule has 2 aromatic carbocycles. The number of carbonyl (C=O) groups is 2. The van der Waals surface area contributed by atoms with Crippen LogP contribution in [0.25, 0.3) is 6.08 Å². The number of halogens is 1. The lowest BCUT2D eigenvalue weighted by atomic mass is 10.1. The smallest absolute Gasteiger partial charge is 0.197 e. The lowest BCUT2D eigenvalue weighted by Crippen LogP contribution is -2.00. The van der Waals surface area contributed by atoms with Gasteiger partial charge in [0.25, 0.3) is 0 Å². The molecule has 0 aliphatic heterocycles. The number of rotatable bonds is 1. The van der Waals surface area contributed by atoms with Gasteiger partial charge in [0, 0.05) is 15.6 Å². The van der Waals surface area contributed by atoms with Gasteiger partial charge in [0.2, 0.25) is 0 Å². The lowest BCUT2D eigenvalue weighted by molar-refractivity contribution is 0.0990. The summed E-state index contributed by atoms with van der Waals surface area (Å²) < 4.78 is 0.960. The first-order chi connectivity index (χ1) is 9.58. The maximum absolute atomic E-state index is 12.3. The second-order valence-corrected chi connectivity index (χ2v) is 5.62. The largest absolute Gasteiger partial charge is 0.288 e. The van der Waals surface area contributed by atoms with E-state index in [-0.39, 0.29) is 17.1 Å². The van der Waals surface area contributed by atoms with Gasteiger partial charge in [-0.05, 0) is 30.2 Å². The first-order valence-electron chi connectivity index (χ1n) is 6.24. The Bertz CT molecular complexity index is 735. The molecule has 0 N–H and O–H groups in total. The molecule has 0 aromatic heterocycles. The molecule has 3 heteroatoms. The average molecular weight is 327 g/mol. The van der Waals surface area contributed by atoms with Crippen molar-refractivity contribution in [3.05, 3.63) is 74.8 Å². The minimum absolute atomic E-state index is 0.192. The molecule has 0 spiro atoms. The van der Waals surface area contributed by atoms with Crippen molar-refractivity contribution in [3.63, 3.8) is 0 Å². The van der Waals surface area contributed by atoms with Crippen molar-refractivity contribution in [1.82, 2.24) is 0 Å². The number of Topliss-reactive ketones (excluding diaryl/α,β-unsaturated/α-hetero) is 2. The van der Waals surface area contributed by atoms with Gasteiger partial charge in [-0.2, -0.15) is 0 Å². The number of hydrogen-bond donors (Lipinski definition) is 0. The highest BCUT2D eigenvalue weighted by Crippen LogP contribution is 2.28.